The lowest BCUT2D eigenvalue weighted by Crippen LogP contribution is -2.39. The molecule has 2 N–H and O–H groups in total. The van der Waals surface area contributed by atoms with E-state index in [4.69, 9.17) is 5.11 Å². The standard InChI is InChI=1S/C19H20N4O3/c1-12-16(19(25)26)11-21-23(12)15-5-8-22(9-6-15)18(24)14-2-3-17-13(10-14)4-7-20-17/h2-4,7,10-11,15,20H,5-6,8-9H2,1H3,(H,25,26). The van der Waals surface area contributed by atoms with Crippen molar-refractivity contribution in [1.29, 1.82) is 0 Å². The van der Waals surface area contributed by atoms with E-state index in [1.165, 1.54) is 6.20 Å². The van der Waals surface area contributed by atoms with E-state index in [0.717, 1.165) is 23.7 Å². The van der Waals surface area contributed by atoms with Gasteiger partial charge in [-0.3, -0.25) is 9.48 Å². The quantitative estimate of drug-likeness (QED) is 0.758. The Bertz CT molecular complexity index is 980. The number of piperidine rings is 1. The van der Waals surface area contributed by atoms with Crippen molar-refractivity contribution in [2.75, 3.05) is 13.1 Å². The summed E-state index contributed by atoms with van der Waals surface area (Å²) >= 11 is 0. The normalized spacial score (nSPS) is 15.5. The first-order valence-corrected chi connectivity index (χ1v) is 8.68. The summed E-state index contributed by atoms with van der Waals surface area (Å²) in [5.74, 6) is -0.920. The second-order valence-corrected chi connectivity index (χ2v) is 6.70. The third kappa shape index (κ3) is 2.75. The lowest BCUT2D eigenvalue weighted by atomic mass is 10.0. The number of aromatic amines is 1. The number of fused-ring (bicyclic) bond motifs is 1. The maximum atomic E-state index is 12.8. The van der Waals surface area contributed by atoms with Gasteiger partial charge < -0.3 is 15.0 Å². The number of rotatable bonds is 3. The average molecular weight is 352 g/mol. The van der Waals surface area contributed by atoms with Crippen LogP contribution in [0.1, 0.15) is 45.3 Å². The number of carboxylic acids is 1. The van der Waals surface area contributed by atoms with Gasteiger partial charge in [0.05, 0.1) is 17.9 Å². The van der Waals surface area contributed by atoms with Gasteiger partial charge in [-0.2, -0.15) is 5.10 Å². The minimum Gasteiger partial charge on any atom is -0.478 e. The first-order chi connectivity index (χ1) is 12.5. The molecule has 0 unspecified atom stereocenters. The molecule has 7 heteroatoms. The number of benzene rings is 1. The zero-order chi connectivity index (χ0) is 18.3. The summed E-state index contributed by atoms with van der Waals surface area (Å²) < 4.78 is 1.79. The number of aromatic carboxylic acids is 1. The number of nitrogens with one attached hydrogen (secondary N) is 1. The summed E-state index contributed by atoms with van der Waals surface area (Å²) in [5, 5.41) is 14.4. The van der Waals surface area contributed by atoms with Gasteiger partial charge in [-0.25, -0.2) is 4.79 Å². The molecule has 0 spiro atoms. The van der Waals surface area contributed by atoms with E-state index in [9.17, 15) is 9.59 Å². The highest BCUT2D eigenvalue weighted by Gasteiger charge is 2.27. The second-order valence-electron chi connectivity index (χ2n) is 6.70. The molecule has 1 saturated heterocycles. The number of hydrogen-bond acceptors (Lipinski definition) is 3. The Morgan fingerprint density at radius 1 is 1.23 bits per heavy atom. The maximum absolute atomic E-state index is 12.8. The van der Waals surface area contributed by atoms with Crippen molar-refractivity contribution in [3.05, 3.63) is 53.5 Å². The molecule has 0 aliphatic carbocycles. The fourth-order valence-corrected chi connectivity index (χ4v) is 3.68. The minimum atomic E-state index is -0.957. The van der Waals surface area contributed by atoms with Gasteiger partial charge in [0.2, 0.25) is 0 Å². The predicted molar refractivity (Wildman–Crippen MR) is 96.4 cm³/mol. The molecular weight excluding hydrogens is 332 g/mol. The molecule has 0 radical (unpaired) electrons. The van der Waals surface area contributed by atoms with Crippen LogP contribution in [0.2, 0.25) is 0 Å². The van der Waals surface area contributed by atoms with Crippen LogP contribution in [-0.2, 0) is 0 Å². The lowest BCUT2D eigenvalue weighted by molar-refractivity contribution is 0.0688. The topological polar surface area (TPSA) is 91.2 Å². The fraction of sp³-hybridized carbons (Fsp3) is 0.316. The molecule has 7 nitrogen and oxygen atoms in total. The van der Waals surface area contributed by atoms with Crippen molar-refractivity contribution >= 4 is 22.8 Å². The van der Waals surface area contributed by atoms with E-state index in [1.807, 2.05) is 35.4 Å². The highest BCUT2D eigenvalue weighted by molar-refractivity contribution is 5.98. The van der Waals surface area contributed by atoms with Gasteiger partial charge in [0.1, 0.15) is 5.56 Å². The van der Waals surface area contributed by atoms with Gasteiger partial charge in [-0.15, -0.1) is 0 Å². The minimum absolute atomic E-state index is 0.0370. The Morgan fingerprint density at radius 3 is 2.69 bits per heavy atom. The predicted octanol–water partition coefficient (Wildman–Crippen LogP) is 2.85. The van der Waals surface area contributed by atoms with Gasteiger partial charge >= 0.3 is 5.97 Å². The highest BCUT2D eigenvalue weighted by atomic mass is 16.4. The molecule has 0 atom stereocenters. The molecular formula is C19H20N4O3. The first-order valence-electron chi connectivity index (χ1n) is 8.68. The summed E-state index contributed by atoms with van der Waals surface area (Å²) in [6.45, 7) is 3.05. The zero-order valence-corrected chi connectivity index (χ0v) is 14.5. The fourth-order valence-electron chi connectivity index (χ4n) is 3.68. The number of carbonyl (C=O) groups excluding carboxylic acids is 1. The third-order valence-electron chi connectivity index (χ3n) is 5.17. The summed E-state index contributed by atoms with van der Waals surface area (Å²) in [4.78, 5) is 29.0. The molecule has 1 amide bonds. The van der Waals surface area contributed by atoms with E-state index < -0.39 is 5.97 Å². The van der Waals surface area contributed by atoms with E-state index >= 15 is 0 Å². The monoisotopic (exact) mass is 352 g/mol. The van der Waals surface area contributed by atoms with Crippen LogP contribution in [0.3, 0.4) is 0 Å². The van der Waals surface area contributed by atoms with Gasteiger partial charge in [0.25, 0.3) is 5.91 Å². The van der Waals surface area contributed by atoms with Gasteiger partial charge in [-0.1, -0.05) is 0 Å². The van der Waals surface area contributed by atoms with Crippen molar-refractivity contribution in [2.24, 2.45) is 0 Å². The summed E-state index contributed by atoms with van der Waals surface area (Å²) in [7, 11) is 0. The summed E-state index contributed by atoms with van der Waals surface area (Å²) in [5.41, 5.74) is 2.62. The molecule has 0 saturated carbocycles. The van der Waals surface area contributed by atoms with Crippen LogP contribution in [0.5, 0.6) is 0 Å². The van der Waals surface area contributed by atoms with Gasteiger partial charge in [-0.05, 0) is 44.0 Å². The van der Waals surface area contributed by atoms with E-state index in [1.54, 1.807) is 11.6 Å². The van der Waals surface area contributed by atoms with Crippen molar-refractivity contribution in [1.82, 2.24) is 19.7 Å². The first kappa shape index (κ1) is 16.4. The number of amides is 1. The van der Waals surface area contributed by atoms with Gasteiger partial charge in [0.15, 0.2) is 0 Å². The van der Waals surface area contributed by atoms with Crippen LogP contribution in [0.25, 0.3) is 10.9 Å². The molecule has 0 bridgehead atoms. The highest BCUT2D eigenvalue weighted by Crippen LogP contribution is 2.26. The van der Waals surface area contributed by atoms with Crippen LogP contribution < -0.4 is 0 Å². The molecule has 3 heterocycles. The molecule has 2 aromatic heterocycles. The van der Waals surface area contributed by atoms with Crippen molar-refractivity contribution < 1.29 is 14.7 Å². The number of hydrogen-bond donors (Lipinski definition) is 2. The summed E-state index contributed by atoms with van der Waals surface area (Å²) in [6, 6.07) is 7.77. The molecule has 1 aromatic carbocycles. The van der Waals surface area contributed by atoms with Crippen molar-refractivity contribution in [2.45, 2.75) is 25.8 Å². The van der Waals surface area contributed by atoms with Crippen molar-refractivity contribution in [3.63, 3.8) is 0 Å². The molecule has 1 fully saturated rings. The molecule has 134 valence electrons. The van der Waals surface area contributed by atoms with Crippen LogP contribution >= 0.6 is 0 Å². The van der Waals surface area contributed by atoms with Crippen LogP contribution in [-0.4, -0.2) is 49.7 Å². The number of nitrogens with zero attached hydrogens (tertiary/aromatic N) is 3. The van der Waals surface area contributed by atoms with Crippen LogP contribution in [0.15, 0.2) is 36.7 Å². The average Bonchev–Trinajstić information content (AvgIpc) is 3.27. The molecule has 3 aromatic rings. The zero-order valence-electron chi connectivity index (χ0n) is 14.5. The van der Waals surface area contributed by atoms with Gasteiger partial charge in [0, 0.05) is 35.8 Å². The SMILES string of the molecule is Cc1c(C(=O)O)cnn1C1CCN(C(=O)c2ccc3[nH]ccc3c2)CC1. The van der Waals surface area contributed by atoms with E-state index in [-0.39, 0.29) is 17.5 Å². The number of carboxylic acid groups (broad SMARTS) is 1. The molecule has 26 heavy (non-hydrogen) atoms. The number of aromatic nitrogens is 3. The molecule has 1 aliphatic rings. The largest absolute Gasteiger partial charge is 0.478 e. The third-order valence-corrected chi connectivity index (χ3v) is 5.17. The Labute approximate surface area is 150 Å². The Hall–Kier alpha value is -3.09. The van der Waals surface area contributed by atoms with Crippen LogP contribution in [0.4, 0.5) is 0 Å². The molecule has 1 aliphatic heterocycles. The summed E-state index contributed by atoms with van der Waals surface area (Å²) in [6.07, 6.45) is 4.79. The maximum Gasteiger partial charge on any atom is 0.339 e. The molecule has 4 rings (SSSR count). The lowest BCUT2D eigenvalue weighted by Gasteiger charge is -2.32. The Kier molecular flexibility index (Phi) is 3.99. The number of likely N-dealkylation sites (tertiary alicyclic amines) is 1. The van der Waals surface area contributed by atoms with Crippen molar-refractivity contribution in [3.8, 4) is 0 Å². The smallest absolute Gasteiger partial charge is 0.339 e. The van der Waals surface area contributed by atoms with E-state index in [0.29, 0.717) is 24.3 Å². The van der Waals surface area contributed by atoms with Crippen LogP contribution in [0, 0.1) is 6.92 Å². The number of H-pyrrole nitrogens is 1. The Morgan fingerprint density at radius 2 is 2.00 bits per heavy atom. The van der Waals surface area contributed by atoms with E-state index in [2.05, 4.69) is 10.1 Å². The second kappa shape index (κ2) is 6.33. The Balaban J connectivity index is 1.46. The number of carbonyl (C=O) groups is 2.